The predicted octanol–water partition coefficient (Wildman–Crippen LogP) is -0.0643. The molecule has 0 amide bonds. The van der Waals surface area contributed by atoms with Gasteiger partial charge >= 0.3 is 0 Å². The molecule has 0 spiro atoms. The lowest BCUT2D eigenvalue weighted by Gasteiger charge is -2.14. The molecule has 1 unspecified atom stereocenters. The zero-order valence-corrected chi connectivity index (χ0v) is 23.7. The molecule has 1 atom stereocenters. The highest BCUT2D eigenvalue weighted by atomic mass is 32.2. The monoisotopic (exact) mass is 582 g/mol. The van der Waals surface area contributed by atoms with Crippen LogP contribution in [0, 0.1) is 0 Å². The molecular weight excluding hydrogens is 544 g/mol. The van der Waals surface area contributed by atoms with Crippen LogP contribution < -0.4 is 25.8 Å². The first-order valence-corrected chi connectivity index (χ1v) is 15.8. The van der Waals surface area contributed by atoms with Crippen molar-refractivity contribution in [2.45, 2.75) is 22.8 Å². The molecule has 2 aromatic carbocycles. The van der Waals surface area contributed by atoms with Crippen molar-refractivity contribution in [3.8, 4) is 0 Å². The van der Waals surface area contributed by atoms with E-state index < -0.39 is 20.0 Å². The summed E-state index contributed by atoms with van der Waals surface area (Å²) in [6.07, 6.45) is 0. The molecule has 1 aliphatic heterocycles. The minimum atomic E-state index is -3.65. The Morgan fingerprint density at radius 2 is 1.38 bits per heavy atom. The molecule has 0 fully saturated rings. The Kier molecular flexibility index (Phi) is 12.3. The van der Waals surface area contributed by atoms with E-state index in [4.69, 9.17) is 15.2 Å². The average Bonchev–Trinajstić information content (AvgIpc) is 3.48. The minimum absolute atomic E-state index is 0.0709. The first kappa shape index (κ1) is 31.1. The molecule has 2 aromatic rings. The van der Waals surface area contributed by atoms with E-state index in [1.54, 1.807) is 48.5 Å². The van der Waals surface area contributed by atoms with Gasteiger partial charge in [-0.15, -0.1) is 0 Å². The maximum atomic E-state index is 12.5. The van der Waals surface area contributed by atoms with Crippen LogP contribution in [0.4, 0.5) is 0 Å². The Balaban J connectivity index is 1.26. The standard InChI is InChI=1S/C25H38N6O6S2/c1-20(27-11-10-26)21-2-6-23(7-3-21)38(32,33)30-14-16-36-18-19-37-17-15-31-39(34,35)24-8-4-22(5-9-24)25-28-12-13-29-25/h2-9,20,27,30-31H,10-19,26H2,1H3,(H,28,29). The molecule has 39 heavy (non-hydrogen) atoms. The molecule has 216 valence electrons. The van der Waals surface area contributed by atoms with Gasteiger partial charge in [-0.2, -0.15) is 0 Å². The van der Waals surface area contributed by atoms with Crippen LogP contribution in [-0.2, 0) is 29.5 Å². The van der Waals surface area contributed by atoms with Crippen molar-refractivity contribution in [2.75, 3.05) is 65.7 Å². The Hall–Kier alpha value is -2.43. The maximum Gasteiger partial charge on any atom is 0.240 e. The third-order valence-corrected chi connectivity index (χ3v) is 8.80. The minimum Gasteiger partial charge on any atom is -0.378 e. The summed E-state index contributed by atoms with van der Waals surface area (Å²) in [5.41, 5.74) is 7.32. The fourth-order valence-corrected chi connectivity index (χ4v) is 5.75. The number of benzene rings is 2. The van der Waals surface area contributed by atoms with E-state index in [2.05, 4.69) is 25.1 Å². The van der Waals surface area contributed by atoms with Crippen LogP contribution in [0.3, 0.4) is 0 Å². The average molecular weight is 583 g/mol. The van der Waals surface area contributed by atoms with Gasteiger partial charge in [0.25, 0.3) is 0 Å². The van der Waals surface area contributed by atoms with Gasteiger partial charge in [0.2, 0.25) is 20.0 Å². The molecule has 0 bridgehead atoms. The van der Waals surface area contributed by atoms with Crippen LogP contribution in [0.25, 0.3) is 0 Å². The van der Waals surface area contributed by atoms with Crippen molar-refractivity contribution in [1.29, 1.82) is 0 Å². The van der Waals surface area contributed by atoms with Gasteiger partial charge in [-0.3, -0.25) is 4.99 Å². The second-order valence-electron chi connectivity index (χ2n) is 8.74. The van der Waals surface area contributed by atoms with E-state index in [1.165, 1.54) is 0 Å². The van der Waals surface area contributed by atoms with Crippen LogP contribution in [0.2, 0.25) is 0 Å². The van der Waals surface area contributed by atoms with Crippen LogP contribution >= 0.6 is 0 Å². The molecule has 1 aliphatic rings. The molecule has 0 aliphatic carbocycles. The van der Waals surface area contributed by atoms with Crippen molar-refractivity contribution in [3.63, 3.8) is 0 Å². The van der Waals surface area contributed by atoms with Gasteiger partial charge in [0.1, 0.15) is 5.84 Å². The second-order valence-corrected chi connectivity index (χ2v) is 12.3. The van der Waals surface area contributed by atoms with Crippen molar-refractivity contribution in [1.82, 2.24) is 20.1 Å². The summed E-state index contributed by atoms with van der Waals surface area (Å²) in [7, 11) is -7.29. The number of ether oxygens (including phenoxy) is 2. The number of aliphatic imine (C=N–C) groups is 1. The largest absolute Gasteiger partial charge is 0.378 e. The van der Waals surface area contributed by atoms with E-state index in [0.717, 1.165) is 23.5 Å². The highest BCUT2D eigenvalue weighted by Gasteiger charge is 2.16. The molecule has 0 radical (unpaired) electrons. The number of sulfonamides is 2. The number of hydrogen-bond acceptors (Lipinski definition) is 10. The smallest absolute Gasteiger partial charge is 0.240 e. The zero-order valence-electron chi connectivity index (χ0n) is 22.1. The summed E-state index contributed by atoms with van der Waals surface area (Å²) in [6.45, 7) is 5.75. The zero-order chi connectivity index (χ0) is 28.1. The van der Waals surface area contributed by atoms with E-state index >= 15 is 0 Å². The van der Waals surface area contributed by atoms with Crippen LogP contribution in [0.5, 0.6) is 0 Å². The third-order valence-electron chi connectivity index (χ3n) is 5.85. The Morgan fingerprint density at radius 1 is 0.846 bits per heavy atom. The van der Waals surface area contributed by atoms with Gasteiger partial charge in [0.05, 0.1) is 42.8 Å². The third kappa shape index (κ3) is 9.92. The Morgan fingerprint density at radius 3 is 1.87 bits per heavy atom. The SMILES string of the molecule is CC(NCCN)c1ccc(S(=O)(=O)NCCOCCOCCNS(=O)(=O)c2ccc(C3=NCCN3)cc2)cc1. The number of amidine groups is 1. The van der Waals surface area contributed by atoms with Crippen molar-refractivity contribution in [3.05, 3.63) is 59.7 Å². The molecule has 1 heterocycles. The molecule has 6 N–H and O–H groups in total. The number of rotatable bonds is 18. The van der Waals surface area contributed by atoms with Gasteiger partial charge in [0.15, 0.2) is 0 Å². The topological polar surface area (TPSA) is 173 Å². The van der Waals surface area contributed by atoms with Gasteiger partial charge in [-0.1, -0.05) is 12.1 Å². The summed E-state index contributed by atoms with van der Waals surface area (Å²) >= 11 is 0. The Bertz CT molecular complexity index is 1270. The number of nitrogens with one attached hydrogen (secondary N) is 4. The fraction of sp³-hybridized carbons (Fsp3) is 0.480. The van der Waals surface area contributed by atoms with Crippen molar-refractivity contribution >= 4 is 25.9 Å². The summed E-state index contributed by atoms with van der Waals surface area (Å²) in [4.78, 5) is 4.66. The lowest BCUT2D eigenvalue weighted by Crippen LogP contribution is -2.29. The van der Waals surface area contributed by atoms with Gasteiger partial charge < -0.3 is 25.8 Å². The van der Waals surface area contributed by atoms with E-state index in [0.29, 0.717) is 19.6 Å². The molecule has 0 aromatic heterocycles. The Labute approximate surface area is 230 Å². The van der Waals surface area contributed by atoms with E-state index in [-0.39, 0.29) is 55.3 Å². The van der Waals surface area contributed by atoms with Gasteiger partial charge in [-0.05, 0) is 48.9 Å². The first-order valence-electron chi connectivity index (χ1n) is 12.8. The second kappa shape index (κ2) is 15.4. The normalized spacial score (nSPS) is 14.7. The fourth-order valence-electron chi connectivity index (χ4n) is 3.72. The number of nitrogens with two attached hydrogens (primary N) is 1. The molecule has 3 rings (SSSR count). The number of nitrogens with zero attached hydrogens (tertiary/aromatic N) is 1. The van der Waals surface area contributed by atoms with Crippen LogP contribution in [-0.4, -0.2) is 88.4 Å². The highest BCUT2D eigenvalue weighted by Crippen LogP contribution is 2.16. The summed E-state index contributed by atoms with van der Waals surface area (Å²) < 4.78 is 65.6. The number of hydrogen-bond donors (Lipinski definition) is 5. The van der Waals surface area contributed by atoms with Crippen molar-refractivity contribution in [2.24, 2.45) is 10.7 Å². The van der Waals surface area contributed by atoms with Crippen molar-refractivity contribution < 1.29 is 26.3 Å². The predicted molar refractivity (Wildman–Crippen MR) is 150 cm³/mol. The molecule has 12 nitrogen and oxygen atoms in total. The summed E-state index contributed by atoms with van der Waals surface area (Å²) in [5.74, 6) is 0.771. The first-order chi connectivity index (χ1) is 18.7. The van der Waals surface area contributed by atoms with E-state index in [9.17, 15) is 16.8 Å². The summed E-state index contributed by atoms with van der Waals surface area (Å²) in [5, 5.41) is 6.39. The highest BCUT2D eigenvalue weighted by molar-refractivity contribution is 7.89. The summed E-state index contributed by atoms with van der Waals surface area (Å²) in [6, 6.07) is 13.3. The lowest BCUT2D eigenvalue weighted by atomic mass is 10.1. The van der Waals surface area contributed by atoms with Crippen LogP contribution in [0.1, 0.15) is 24.1 Å². The van der Waals surface area contributed by atoms with Gasteiger partial charge in [-0.25, -0.2) is 26.3 Å². The maximum absolute atomic E-state index is 12.5. The van der Waals surface area contributed by atoms with Crippen LogP contribution in [0.15, 0.2) is 63.3 Å². The molecule has 14 heteroatoms. The lowest BCUT2D eigenvalue weighted by molar-refractivity contribution is 0.0522. The quantitative estimate of drug-likeness (QED) is 0.151. The molecule has 0 saturated heterocycles. The van der Waals surface area contributed by atoms with E-state index in [1.807, 2.05) is 6.92 Å². The molecule has 0 saturated carbocycles. The molecular formula is C25H38N6O6S2. The van der Waals surface area contributed by atoms with Gasteiger partial charge in [0, 0.05) is 44.3 Å².